The van der Waals surface area contributed by atoms with Crippen LogP contribution in [0.15, 0.2) is 48.5 Å². The van der Waals surface area contributed by atoms with Crippen LogP contribution in [0.3, 0.4) is 0 Å². The zero-order valence-electron chi connectivity index (χ0n) is 20.9. The number of rotatable bonds is 11. The van der Waals surface area contributed by atoms with E-state index in [1.807, 2.05) is 24.3 Å². The number of carboxylic acids is 1. The normalized spacial score (nSPS) is 11.9. The Bertz CT molecular complexity index is 1030. The molecule has 1 unspecified atom stereocenters. The third kappa shape index (κ3) is 9.77. The first-order valence-corrected chi connectivity index (χ1v) is 12.4. The number of aliphatic carboxylic acids is 1. The van der Waals surface area contributed by atoms with Gasteiger partial charge in [-0.05, 0) is 55.2 Å². The summed E-state index contributed by atoms with van der Waals surface area (Å²) in [5.41, 5.74) is 1.41. The van der Waals surface area contributed by atoms with Gasteiger partial charge in [0.05, 0.1) is 5.56 Å². The van der Waals surface area contributed by atoms with Crippen molar-refractivity contribution in [1.82, 2.24) is 4.90 Å². The molecule has 2 aromatic rings. The van der Waals surface area contributed by atoms with Gasteiger partial charge in [0.25, 0.3) is 0 Å². The van der Waals surface area contributed by atoms with Gasteiger partial charge in [-0.3, -0.25) is 4.79 Å². The van der Waals surface area contributed by atoms with Crippen molar-refractivity contribution < 1.29 is 27.9 Å². The van der Waals surface area contributed by atoms with E-state index < -0.39 is 29.7 Å². The number of unbranched alkanes of at least 4 members (excludes halogenated alkanes) is 6. The van der Waals surface area contributed by atoms with E-state index >= 15 is 0 Å². The van der Waals surface area contributed by atoms with Gasteiger partial charge in [-0.1, -0.05) is 75.1 Å². The molecule has 0 aromatic heterocycles. The quantitative estimate of drug-likeness (QED) is 0.208. The van der Waals surface area contributed by atoms with Gasteiger partial charge in [-0.2, -0.15) is 13.2 Å². The minimum absolute atomic E-state index is 0.0679. The Morgan fingerprint density at radius 2 is 1.50 bits per heavy atom. The second-order valence-electron chi connectivity index (χ2n) is 9.00. The molecule has 0 saturated heterocycles. The Hall–Kier alpha value is -3.27. The summed E-state index contributed by atoms with van der Waals surface area (Å²) < 4.78 is 38.4. The highest BCUT2D eigenvalue weighted by molar-refractivity contribution is 6.31. The van der Waals surface area contributed by atoms with Crippen LogP contribution < -0.4 is 0 Å². The maximum atomic E-state index is 12.8. The average molecular weight is 502 g/mol. The van der Waals surface area contributed by atoms with Crippen LogP contribution in [0.1, 0.15) is 81.0 Å². The van der Waals surface area contributed by atoms with E-state index in [9.17, 15) is 27.9 Å². The fourth-order valence-electron chi connectivity index (χ4n) is 3.88. The minimum Gasteiger partial charge on any atom is -0.474 e. The van der Waals surface area contributed by atoms with Crippen molar-refractivity contribution in [2.45, 2.75) is 84.0 Å². The molecular formula is C29H34F3NO3. The molecule has 0 saturated carbocycles. The molecule has 36 heavy (non-hydrogen) atoms. The van der Waals surface area contributed by atoms with Crippen LogP contribution in [0.25, 0.3) is 0 Å². The fraction of sp³-hybridized carbons (Fsp3) is 0.448. The lowest BCUT2D eigenvalue weighted by Crippen LogP contribution is -2.43. The van der Waals surface area contributed by atoms with Crippen molar-refractivity contribution in [2.24, 2.45) is 0 Å². The molecule has 0 aliphatic carbocycles. The van der Waals surface area contributed by atoms with Crippen molar-refractivity contribution in [3.05, 3.63) is 70.8 Å². The highest BCUT2D eigenvalue weighted by atomic mass is 19.4. The van der Waals surface area contributed by atoms with Crippen LogP contribution in [-0.4, -0.2) is 27.9 Å². The Labute approximate surface area is 211 Å². The molecule has 0 aliphatic rings. The predicted molar refractivity (Wildman–Crippen MR) is 134 cm³/mol. The molecule has 194 valence electrons. The smallest absolute Gasteiger partial charge is 0.416 e. The molecule has 1 atom stereocenters. The molecule has 1 N–H and O–H groups in total. The largest absolute Gasteiger partial charge is 0.474 e. The van der Waals surface area contributed by atoms with Crippen molar-refractivity contribution >= 4 is 11.9 Å². The molecule has 0 aliphatic heterocycles. The molecule has 0 bridgehead atoms. The predicted octanol–water partition coefficient (Wildman–Crippen LogP) is 6.85. The molecule has 0 heterocycles. The van der Waals surface area contributed by atoms with E-state index in [0.717, 1.165) is 36.1 Å². The molecule has 1 amide bonds. The summed E-state index contributed by atoms with van der Waals surface area (Å²) in [6, 6.07) is 11.4. The number of carbonyl (C=O) groups excluding carboxylic acids is 1. The number of hydrogen-bond donors (Lipinski definition) is 1. The van der Waals surface area contributed by atoms with Crippen LogP contribution in [0.2, 0.25) is 0 Å². The number of carbonyl (C=O) groups is 2. The molecule has 0 radical (unpaired) electrons. The second kappa shape index (κ2) is 14.3. The summed E-state index contributed by atoms with van der Waals surface area (Å²) >= 11 is 0. The van der Waals surface area contributed by atoms with Crippen molar-refractivity contribution in [1.29, 1.82) is 0 Å². The lowest BCUT2D eigenvalue weighted by Gasteiger charge is -2.28. The van der Waals surface area contributed by atoms with Crippen LogP contribution in [0.4, 0.5) is 13.2 Å². The van der Waals surface area contributed by atoms with E-state index in [1.165, 1.54) is 49.1 Å². The topological polar surface area (TPSA) is 57.6 Å². The van der Waals surface area contributed by atoms with E-state index in [0.29, 0.717) is 5.56 Å². The van der Waals surface area contributed by atoms with Gasteiger partial charge in [0, 0.05) is 24.6 Å². The van der Waals surface area contributed by atoms with Gasteiger partial charge < -0.3 is 10.0 Å². The van der Waals surface area contributed by atoms with Crippen LogP contribution in [0.5, 0.6) is 0 Å². The van der Waals surface area contributed by atoms with Crippen LogP contribution in [-0.2, 0) is 28.7 Å². The third-order valence-corrected chi connectivity index (χ3v) is 5.98. The number of hydrogen-bond acceptors (Lipinski definition) is 2. The van der Waals surface area contributed by atoms with Crippen LogP contribution >= 0.6 is 0 Å². The number of amides is 1. The van der Waals surface area contributed by atoms with Gasteiger partial charge in [0.15, 0.2) is 0 Å². The van der Waals surface area contributed by atoms with Crippen LogP contribution in [0, 0.1) is 11.8 Å². The Balaban J connectivity index is 1.99. The lowest BCUT2D eigenvalue weighted by molar-refractivity contribution is -0.157. The summed E-state index contributed by atoms with van der Waals surface area (Å²) in [7, 11) is 0. The average Bonchev–Trinajstić information content (AvgIpc) is 2.84. The molecular weight excluding hydrogens is 467 g/mol. The first-order valence-electron chi connectivity index (χ1n) is 12.4. The maximum absolute atomic E-state index is 12.8. The molecule has 4 nitrogen and oxygen atoms in total. The first kappa shape index (κ1) is 29.0. The van der Waals surface area contributed by atoms with Gasteiger partial charge in [-0.15, -0.1) is 0 Å². The zero-order valence-corrected chi connectivity index (χ0v) is 20.9. The number of carboxylic acid groups (broad SMARTS) is 1. The highest BCUT2D eigenvalue weighted by Crippen LogP contribution is 2.29. The SMILES string of the molecule is CCCCCCCCC#Cc1ccc(CN(C(=O)C(=O)O)C(C)Cc2ccc(C(F)(F)F)cc2)cc1. The third-order valence-electron chi connectivity index (χ3n) is 5.98. The maximum Gasteiger partial charge on any atom is 0.416 e. The van der Waals surface area contributed by atoms with E-state index in [1.54, 1.807) is 6.92 Å². The summed E-state index contributed by atoms with van der Waals surface area (Å²) in [5, 5.41) is 9.28. The minimum atomic E-state index is -4.43. The zero-order chi connectivity index (χ0) is 26.6. The number of benzene rings is 2. The fourth-order valence-corrected chi connectivity index (χ4v) is 3.88. The Kier molecular flexibility index (Phi) is 11.5. The summed E-state index contributed by atoms with van der Waals surface area (Å²) in [4.78, 5) is 25.0. The number of halogens is 3. The monoisotopic (exact) mass is 501 g/mol. The molecule has 0 spiro atoms. The number of alkyl halides is 3. The molecule has 2 aromatic carbocycles. The summed E-state index contributed by atoms with van der Waals surface area (Å²) in [6.45, 7) is 3.95. The molecule has 7 heteroatoms. The van der Waals surface area contributed by atoms with Crippen molar-refractivity contribution in [3.63, 3.8) is 0 Å². The van der Waals surface area contributed by atoms with Gasteiger partial charge in [0.2, 0.25) is 0 Å². The van der Waals surface area contributed by atoms with Gasteiger partial charge in [0.1, 0.15) is 0 Å². The highest BCUT2D eigenvalue weighted by Gasteiger charge is 2.30. The number of nitrogens with zero attached hydrogens (tertiary/aromatic N) is 1. The van der Waals surface area contributed by atoms with Gasteiger partial charge in [-0.25, -0.2) is 4.79 Å². The Morgan fingerprint density at radius 1 is 0.917 bits per heavy atom. The lowest BCUT2D eigenvalue weighted by atomic mass is 10.0. The van der Waals surface area contributed by atoms with E-state index in [4.69, 9.17) is 0 Å². The van der Waals surface area contributed by atoms with Crippen molar-refractivity contribution in [3.8, 4) is 11.8 Å². The first-order chi connectivity index (χ1) is 17.1. The second-order valence-corrected chi connectivity index (χ2v) is 9.00. The molecule has 2 rings (SSSR count). The van der Waals surface area contributed by atoms with E-state index in [2.05, 4.69) is 18.8 Å². The Morgan fingerprint density at radius 3 is 2.08 bits per heavy atom. The summed E-state index contributed by atoms with van der Waals surface area (Å²) in [6.07, 6.45) is 3.93. The molecule has 0 fully saturated rings. The van der Waals surface area contributed by atoms with E-state index in [-0.39, 0.29) is 13.0 Å². The van der Waals surface area contributed by atoms with Gasteiger partial charge >= 0.3 is 18.1 Å². The van der Waals surface area contributed by atoms with Crippen molar-refractivity contribution in [2.75, 3.05) is 0 Å². The summed E-state index contributed by atoms with van der Waals surface area (Å²) in [5.74, 6) is 3.68. The standard InChI is InChI=1S/C29H34F3NO3/c1-3-4-5-6-7-8-9-10-11-23-12-14-25(15-13-23)21-33(27(34)28(35)36)22(2)20-24-16-18-26(19-17-24)29(30,31)32/h12-19,22H,3-9,20-21H2,1-2H3,(H,35,36).